The minimum Gasteiger partial charge on any atom is -0.508 e. The molecule has 102 valence electrons. The van der Waals surface area contributed by atoms with Crippen LogP contribution in [0, 0.1) is 11.3 Å². The number of benzene rings is 1. The lowest BCUT2D eigenvalue weighted by atomic mass is 10.0. The van der Waals surface area contributed by atoms with Gasteiger partial charge in [0.25, 0.3) is 0 Å². The first-order valence-corrected chi connectivity index (χ1v) is 7.68. The molecule has 5 nitrogen and oxygen atoms in total. The maximum absolute atomic E-state index is 12.3. The minimum absolute atomic E-state index is 0.130. The molecular weight excluding hydrogens is 264 g/mol. The Labute approximate surface area is 113 Å². The lowest BCUT2D eigenvalue weighted by molar-refractivity contribution is 0.385. The van der Waals surface area contributed by atoms with Crippen LogP contribution < -0.4 is 0 Å². The second kappa shape index (κ2) is 5.19. The van der Waals surface area contributed by atoms with Gasteiger partial charge in [-0.05, 0) is 36.1 Å². The highest BCUT2D eigenvalue weighted by Crippen LogP contribution is 2.26. The maximum atomic E-state index is 12.3. The predicted molar refractivity (Wildman–Crippen MR) is 70.8 cm³/mol. The van der Waals surface area contributed by atoms with E-state index in [9.17, 15) is 13.5 Å². The van der Waals surface area contributed by atoms with Crippen molar-refractivity contribution >= 4 is 10.0 Å². The predicted octanol–water partition coefficient (Wildman–Crippen LogP) is 1.38. The number of hydrogen-bond acceptors (Lipinski definition) is 4. The fraction of sp³-hybridized carbons (Fsp3) is 0.462. The summed E-state index contributed by atoms with van der Waals surface area (Å²) in [5, 5.41) is 17.4. The van der Waals surface area contributed by atoms with Gasteiger partial charge >= 0.3 is 0 Å². The van der Waals surface area contributed by atoms with Crippen LogP contribution in [0.3, 0.4) is 0 Å². The van der Waals surface area contributed by atoms with Crippen molar-refractivity contribution in [2.75, 3.05) is 6.54 Å². The zero-order valence-electron chi connectivity index (χ0n) is 10.7. The Morgan fingerprint density at radius 2 is 2.21 bits per heavy atom. The van der Waals surface area contributed by atoms with Crippen LogP contribution >= 0.6 is 0 Å². The van der Waals surface area contributed by atoms with Crippen molar-refractivity contribution in [3.8, 4) is 11.8 Å². The van der Waals surface area contributed by atoms with Crippen molar-refractivity contribution in [1.29, 1.82) is 5.26 Å². The van der Waals surface area contributed by atoms with Gasteiger partial charge in [0.05, 0.1) is 6.07 Å². The molecule has 1 aromatic rings. The van der Waals surface area contributed by atoms with E-state index in [1.54, 1.807) is 19.1 Å². The molecule has 2 rings (SSSR count). The molecule has 0 bridgehead atoms. The molecule has 0 radical (unpaired) electrons. The van der Waals surface area contributed by atoms with E-state index in [0.717, 1.165) is 11.1 Å². The zero-order chi connectivity index (χ0) is 14.0. The van der Waals surface area contributed by atoms with Gasteiger partial charge in [-0.15, -0.1) is 0 Å². The second-order valence-corrected chi connectivity index (χ2v) is 6.72. The normalized spacial score (nSPS) is 17.5. The fourth-order valence-electron chi connectivity index (χ4n) is 2.28. The molecule has 1 unspecified atom stereocenters. The molecule has 6 heteroatoms. The summed E-state index contributed by atoms with van der Waals surface area (Å²) in [4.78, 5) is 0. The Bertz CT molecular complexity index is 619. The standard InChI is InChI=1S/C13H16N2O3S/c1-2-13(8-14)19(17,18)15-6-5-10-3-4-12(16)7-11(10)9-15/h3-4,7,13,16H,2,5-6,9H2,1H3. The van der Waals surface area contributed by atoms with Crippen LogP contribution in [0.15, 0.2) is 18.2 Å². The van der Waals surface area contributed by atoms with Gasteiger partial charge < -0.3 is 5.11 Å². The second-order valence-electron chi connectivity index (χ2n) is 4.61. The van der Waals surface area contributed by atoms with Crippen molar-refractivity contribution in [2.45, 2.75) is 31.6 Å². The number of phenolic OH excluding ortho intramolecular Hbond substituents is 1. The van der Waals surface area contributed by atoms with Crippen LogP contribution in [-0.4, -0.2) is 29.6 Å². The average molecular weight is 280 g/mol. The Hall–Kier alpha value is -1.58. The molecule has 0 saturated carbocycles. The first-order valence-electron chi connectivity index (χ1n) is 6.18. The van der Waals surface area contributed by atoms with Crippen LogP contribution in [-0.2, 0) is 23.0 Å². The summed E-state index contributed by atoms with van der Waals surface area (Å²) >= 11 is 0. The zero-order valence-corrected chi connectivity index (χ0v) is 11.5. The first-order chi connectivity index (χ1) is 8.98. The molecular formula is C13H16N2O3S. The number of rotatable bonds is 3. The van der Waals surface area contributed by atoms with Gasteiger partial charge in [-0.25, -0.2) is 8.42 Å². The summed E-state index contributed by atoms with van der Waals surface area (Å²) < 4.78 is 25.9. The van der Waals surface area contributed by atoms with Crippen LogP contribution in [0.5, 0.6) is 5.75 Å². The van der Waals surface area contributed by atoms with E-state index >= 15 is 0 Å². The summed E-state index contributed by atoms with van der Waals surface area (Å²) in [6, 6.07) is 6.85. The number of fused-ring (bicyclic) bond motifs is 1. The van der Waals surface area contributed by atoms with Gasteiger partial charge in [0, 0.05) is 13.1 Å². The van der Waals surface area contributed by atoms with E-state index in [4.69, 9.17) is 5.26 Å². The molecule has 1 aliphatic rings. The molecule has 0 fully saturated rings. The van der Waals surface area contributed by atoms with E-state index in [0.29, 0.717) is 13.0 Å². The van der Waals surface area contributed by atoms with Gasteiger partial charge in [0.1, 0.15) is 5.75 Å². The Morgan fingerprint density at radius 1 is 1.47 bits per heavy atom. The van der Waals surface area contributed by atoms with Crippen molar-refractivity contribution in [3.05, 3.63) is 29.3 Å². The highest BCUT2D eigenvalue weighted by atomic mass is 32.2. The van der Waals surface area contributed by atoms with Gasteiger partial charge in [0.15, 0.2) is 5.25 Å². The topological polar surface area (TPSA) is 81.4 Å². The van der Waals surface area contributed by atoms with E-state index in [2.05, 4.69) is 0 Å². The molecule has 0 aliphatic carbocycles. The van der Waals surface area contributed by atoms with Crippen LogP contribution in [0.4, 0.5) is 0 Å². The highest BCUT2D eigenvalue weighted by molar-refractivity contribution is 7.89. The van der Waals surface area contributed by atoms with E-state index in [-0.39, 0.29) is 18.7 Å². The van der Waals surface area contributed by atoms with E-state index < -0.39 is 15.3 Å². The molecule has 19 heavy (non-hydrogen) atoms. The van der Waals surface area contributed by atoms with Crippen LogP contribution in [0.25, 0.3) is 0 Å². The van der Waals surface area contributed by atoms with Crippen molar-refractivity contribution in [2.24, 2.45) is 0 Å². The SMILES string of the molecule is CCC(C#N)S(=O)(=O)N1CCc2ccc(O)cc2C1. The van der Waals surface area contributed by atoms with Crippen LogP contribution in [0.2, 0.25) is 0 Å². The molecule has 1 atom stereocenters. The third kappa shape index (κ3) is 2.57. The van der Waals surface area contributed by atoms with Gasteiger partial charge in [-0.3, -0.25) is 0 Å². The molecule has 1 aromatic carbocycles. The highest BCUT2D eigenvalue weighted by Gasteiger charge is 2.33. The molecule has 0 saturated heterocycles. The third-order valence-corrected chi connectivity index (χ3v) is 5.59. The lowest BCUT2D eigenvalue weighted by Crippen LogP contribution is -2.41. The van der Waals surface area contributed by atoms with Crippen molar-refractivity contribution in [3.63, 3.8) is 0 Å². The molecule has 1 heterocycles. The summed E-state index contributed by atoms with van der Waals surface area (Å²) in [7, 11) is -3.59. The largest absolute Gasteiger partial charge is 0.508 e. The average Bonchev–Trinajstić information content (AvgIpc) is 2.38. The number of sulfonamides is 1. The molecule has 1 aliphatic heterocycles. The smallest absolute Gasteiger partial charge is 0.230 e. The third-order valence-electron chi connectivity index (χ3n) is 3.40. The number of phenols is 1. The van der Waals surface area contributed by atoms with Crippen molar-refractivity contribution < 1.29 is 13.5 Å². The Morgan fingerprint density at radius 3 is 2.84 bits per heavy atom. The summed E-state index contributed by atoms with van der Waals surface area (Å²) in [6.07, 6.45) is 0.888. The first kappa shape index (κ1) is 13.8. The number of nitrogens with zero attached hydrogens (tertiary/aromatic N) is 2. The lowest BCUT2D eigenvalue weighted by Gasteiger charge is -2.29. The maximum Gasteiger partial charge on any atom is 0.230 e. The Kier molecular flexibility index (Phi) is 3.78. The molecule has 0 aromatic heterocycles. The quantitative estimate of drug-likeness (QED) is 0.907. The summed E-state index contributed by atoms with van der Waals surface area (Å²) in [5.74, 6) is 0.130. The summed E-state index contributed by atoms with van der Waals surface area (Å²) in [6.45, 7) is 2.30. The number of aromatic hydroxyl groups is 1. The van der Waals surface area contributed by atoms with Crippen molar-refractivity contribution in [1.82, 2.24) is 4.31 Å². The molecule has 0 spiro atoms. The van der Waals surface area contributed by atoms with Gasteiger partial charge in [0.2, 0.25) is 10.0 Å². The monoisotopic (exact) mass is 280 g/mol. The van der Waals surface area contributed by atoms with E-state index in [1.165, 1.54) is 4.31 Å². The number of hydrogen-bond donors (Lipinski definition) is 1. The molecule has 1 N–H and O–H groups in total. The van der Waals surface area contributed by atoms with E-state index in [1.807, 2.05) is 12.1 Å². The fourth-order valence-corrected chi connectivity index (χ4v) is 3.86. The van der Waals surface area contributed by atoms with Gasteiger partial charge in [-0.1, -0.05) is 13.0 Å². The molecule has 0 amide bonds. The van der Waals surface area contributed by atoms with Gasteiger partial charge in [-0.2, -0.15) is 9.57 Å². The summed E-state index contributed by atoms with van der Waals surface area (Å²) in [5.41, 5.74) is 1.86. The Balaban J connectivity index is 2.29. The minimum atomic E-state index is -3.59. The number of nitriles is 1. The van der Waals surface area contributed by atoms with Crippen LogP contribution in [0.1, 0.15) is 24.5 Å².